The molecule has 0 radical (unpaired) electrons. The normalized spacial score (nSPS) is 15.1. The van der Waals surface area contributed by atoms with Crippen LogP contribution in [-0.4, -0.2) is 15.9 Å². The molecule has 1 aliphatic rings. The van der Waals surface area contributed by atoms with Gasteiger partial charge in [0.05, 0.1) is 5.75 Å². The average Bonchev–Trinajstić information content (AvgIpc) is 2.63. The zero-order valence-electron chi connectivity index (χ0n) is 14.5. The number of aryl methyl sites for hydroxylation is 1. The summed E-state index contributed by atoms with van der Waals surface area (Å²) in [4.78, 5) is 12.6. The van der Waals surface area contributed by atoms with E-state index >= 15 is 0 Å². The molecular weight excluding hydrogens is 350 g/mol. The molecule has 0 atom stereocenters. The number of ether oxygens (including phenoxy) is 2. The molecule has 2 aromatic rings. The predicted molar refractivity (Wildman–Crippen MR) is 101 cm³/mol. The zero-order chi connectivity index (χ0) is 18.6. The number of carbonyl (C=O) groups excluding carboxylic acids is 1. The van der Waals surface area contributed by atoms with Gasteiger partial charge in [0, 0.05) is 10.6 Å². The summed E-state index contributed by atoms with van der Waals surface area (Å²) in [5.41, 5.74) is 7.16. The van der Waals surface area contributed by atoms with E-state index in [1.807, 2.05) is 49.4 Å². The van der Waals surface area contributed by atoms with Crippen LogP contribution in [0.4, 0.5) is 0 Å². The summed E-state index contributed by atoms with van der Waals surface area (Å²) in [6.07, 6.45) is 3.95. The smallest absolute Gasteiger partial charge is 0.229 e. The largest absolute Gasteiger partial charge is 0.465 e. The Kier molecular flexibility index (Phi) is 4.70. The molecule has 0 aromatic heterocycles. The first kappa shape index (κ1) is 17.9. The third kappa shape index (κ3) is 3.15. The van der Waals surface area contributed by atoms with Crippen molar-refractivity contribution in [2.24, 2.45) is 5.73 Å². The van der Waals surface area contributed by atoms with Gasteiger partial charge in [-0.2, -0.15) is 0 Å². The average molecular weight is 371 g/mol. The van der Waals surface area contributed by atoms with Gasteiger partial charge < -0.3 is 15.2 Å². The van der Waals surface area contributed by atoms with Crippen LogP contribution in [0.5, 0.6) is 0 Å². The molecule has 3 rings (SSSR count). The van der Waals surface area contributed by atoms with Gasteiger partial charge in [-0.25, -0.2) is 0 Å². The second-order valence-corrected chi connectivity index (χ2v) is 10.2. The lowest BCUT2D eigenvalue weighted by Gasteiger charge is -2.43. The minimum absolute atomic E-state index is 0.0921. The van der Waals surface area contributed by atoms with Crippen LogP contribution in [0.3, 0.4) is 0 Å². The molecule has 26 heavy (non-hydrogen) atoms. The van der Waals surface area contributed by atoms with Crippen molar-refractivity contribution in [1.29, 1.82) is 0 Å². The van der Waals surface area contributed by atoms with E-state index in [0.717, 1.165) is 11.1 Å². The topological polar surface area (TPSA) is 78.6 Å². The predicted octanol–water partition coefficient (Wildman–Crippen LogP) is 3.18. The monoisotopic (exact) mass is 371 g/mol. The highest BCUT2D eigenvalue weighted by Crippen LogP contribution is 2.48. The van der Waals surface area contributed by atoms with E-state index in [1.165, 1.54) is 18.8 Å². The van der Waals surface area contributed by atoms with Gasteiger partial charge >= 0.3 is 0 Å². The summed E-state index contributed by atoms with van der Waals surface area (Å²) in [5.74, 6) is -0.935. The number of primary amides is 1. The number of rotatable bonds is 6. The Balaban J connectivity index is 2.31. The Hall–Kier alpha value is -2.86. The van der Waals surface area contributed by atoms with Gasteiger partial charge in [-0.3, -0.25) is 9.00 Å². The van der Waals surface area contributed by atoms with Crippen molar-refractivity contribution in [3.8, 4) is 0 Å². The summed E-state index contributed by atoms with van der Waals surface area (Å²) in [6.45, 7) is 1.86. The zero-order valence-corrected chi connectivity index (χ0v) is 15.3. The van der Waals surface area contributed by atoms with Gasteiger partial charge in [0.25, 0.3) is 0 Å². The number of hydrogen-bond acceptors (Lipinski definition) is 4. The lowest BCUT2D eigenvalue weighted by atomic mass is 10.2. The molecule has 1 aliphatic heterocycles. The molecule has 5 nitrogen and oxygen atoms in total. The number of amides is 1. The first-order chi connectivity index (χ1) is 12.4. The first-order valence-corrected chi connectivity index (χ1v) is 10.4. The molecule has 0 saturated heterocycles. The summed E-state index contributed by atoms with van der Waals surface area (Å²) in [5, 5.41) is 0.112. The number of hydrogen-bond donors (Lipinski definition) is 1. The molecule has 6 heteroatoms. The number of carbonyl (C=O) groups is 1. The highest BCUT2D eigenvalue weighted by molar-refractivity contribution is 8.22. The van der Waals surface area contributed by atoms with Gasteiger partial charge in [-0.15, -0.1) is 0 Å². The molecule has 1 amide bonds. The van der Waals surface area contributed by atoms with Gasteiger partial charge in [-0.05, 0) is 33.2 Å². The van der Waals surface area contributed by atoms with Gasteiger partial charge in [-0.1, -0.05) is 48.5 Å². The third-order valence-electron chi connectivity index (χ3n) is 4.32. The molecule has 0 aliphatic carbocycles. The van der Waals surface area contributed by atoms with Crippen molar-refractivity contribution < 1.29 is 18.5 Å². The Morgan fingerprint density at radius 1 is 1.04 bits per heavy atom. The summed E-state index contributed by atoms with van der Waals surface area (Å²) < 4.78 is 25.8. The molecule has 0 unspecified atom stereocenters. The Morgan fingerprint density at radius 2 is 1.73 bits per heavy atom. The molecule has 0 bridgehead atoms. The number of benzene rings is 2. The maximum Gasteiger partial charge on any atom is 0.229 e. The van der Waals surface area contributed by atoms with Crippen LogP contribution in [0.25, 0.3) is 0 Å². The summed E-state index contributed by atoms with van der Waals surface area (Å²) in [6, 6.07) is 16.6. The highest BCUT2D eigenvalue weighted by Gasteiger charge is 2.48. The van der Waals surface area contributed by atoms with E-state index in [2.05, 4.69) is 0 Å². The SMILES string of the molecule is Cc1ccccc1S(=O)(CC(N)=O)(Cc1ccccc1)C1=COC=CO1. The quantitative estimate of drug-likeness (QED) is 0.846. The third-order valence-corrected chi connectivity index (χ3v) is 8.76. The van der Waals surface area contributed by atoms with Crippen LogP contribution in [0, 0.1) is 6.92 Å². The van der Waals surface area contributed by atoms with Crippen LogP contribution in [0.2, 0.25) is 0 Å². The van der Waals surface area contributed by atoms with Crippen LogP contribution >= 0.6 is 0 Å². The minimum Gasteiger partial charge on any atom is -0.465 e. The lowest BCUT2D eigenvalue weighted by molar-refractivity contribution is -0.115. The minimum atomic E-state index is -4.06. The number of nitrogens with two attached hydrogens (primary N) is 1. The molecule has 0 spiro atoms. The van der Waals surface area contributed by atoms with Crippen molar-refractivity contribution in [3.63, 3.8) is 0 Å². The molecule has 0 saturated carbocycles. The lowest BCUT2D eigenvalue weighted by Crippen LogP contribution is -2.46. The maximum absolute atomic E-state index is 14.9. The van der Waals surface area contributed by atoms with Crippen molar-refractivity contribution >= 4 is 15.0 Å². The van der Waals surface area contributed by atoms with E-state index in [9.17, 15) is 9.00 Å². The second kappa shape index (κ2) is 6.80. The molecule has 136 valence electrons. The second-order valence-electron chi connectivity index (χ2n) is 6.25. The molecular formula is C20H21NO4S. The highest BCUT2D eigenvalue weighted by atomic mass is 32.3. The fraction of sp³-hybridized carbons (Fsp3) is 0.150. The van der Waals surface area contributed by atoms with Crippen molar-refractivity contribution in [2.45, 2.75) is 17.6 Å². The maximum atomic E-state index is 14.9. The Bertz CT molecular complexity index is 949. The van der Waals surface area contributed by atoms with E-state index in [-0.39, 0.29) is 16.6 Å². The van der Waals surface area contributed by atoms with E-state index < -0.39 is 15.0 Å². The van der Waals surface area contributed by atoms with E-state index in [0.29, 0.717) is 4.90 Å². The fourth-order valence-electron chi connectivity index (χ4n) is 3.25. The van der Waals surface area contributed by atoms with E-state index in [1.54, 1.807) is 12.1 Å². The summed E-state index contributed by atoms with van der Waals surface area (Å²) in [7, 11) is -4.06. The Morgan fingerprint density at radius 3 is 2.35 bits per heavy atom. The summed E-state index contributed by atoms with van der Waals surface area (Å²) >= 11 is 0. The standard InChI is InChI=1S/C20H21NO4S/c1-16-7-5-6-10-18(16)26(23,15-19(21)22,20-13-24-11-12-25-20)14-17-8-3-2-4-9-17/h2-13H,14-15H2,1H3,(H2,21,22). The van der Waals surface area contributed by atoms with Gasteiger partial charge in [0.2, 0.25) is 11.0 Å². The molecule has 2 N–H and O–H groups in total. The van der Waals surface area contributed by atoms with Crippen molar-refractivity contribution in [2.75, 3.05) is 5.75 Å². The van der Waals surface area contributed by atoms with Crippen LogP contribution in [0.15, 0.2) is 83.4 Å². The van der Waals surface area contributed by atoms with Crippen LogP contribution in [-0.2, 0) is 29.1 Å². The van der Waals surface area contributed by atoms with Crippen LogP contribution in [0.1, 0.15) is 11.1 Å². The van der Waals surface area contributed by atoms with Crippen molar-refractivity contribution in [3.05, 3.63) is 89.6 Å². The Labute approximate surface area is 152 Å². The van der Waals surface area contributed by atoms with Gasteiger partial charge in [0.1, 0.15) is 18.8 Å². The molecule has 0 fully saturated rings. The van der Waals surface area contributed by atoms with E-state index in [4.69, 9.17) is 15.2 Å². The fourth-order valence-corrected chi connectivity index (χ4v) is 7.43. The molecule has 1 heterocycles. The molecule has 2 aromatic carbocycles. The van der Waals surface area contributed by atoms with Crippen molar-refractivity contribution in [1.82, 2.24) is 0 Å². The van der Waals surface area contributed by atoms with Crippen LogP contribution < -0.4 is 5.73 Å². The first-order valence-electron chi connectivity index (χ1n) is 8.12. The van der Waals surface area contributed by atoms with Gasteiger partial charge in [0.15, 0.2) is 0 Å².